The lowest BCUT2D eigenvalue weighted by Crippen LogP contribution is -2.17. The van der Waals surface area contributed by atoms with Crippen molar-refractivity contribution in [3.63, 3.8) is 0 Å². The Balaban J connectivity index is 2.24. The average Bonchev–Trinajstić information content (AvgIpc) is 2.75. The maximum Gasteiger partial charge on any atom is 0.148 e. The highest BCUT2D eigenvalue weighted by Gasteiger charge is 2.12. The molecular weight excluding hydrogens is 334 g/mol. The number of aromatic nitrogens is 1. The normalized spacial score (nSPS) is 10.1. The van der Waals surface area contributed by atoms with Gasteiger partial charge in [0.15, 0.2) is 0 Å². The quantitative estimate of drug-likeness (QED) is 0.844. The van der Waals surface area contributed by atoms with Gasteiger partial charge in [-0.1, -0.05) is 11.6 Å². The summed E-state index contributed by atoms with van der Waals surface area (Å²) in [5.41, 5.74) is 0.445. The van der Waals surface area contributed by atoms with E-state index in [0.717, 1.165) is 4.47 Å². The van der Waals surface area contributed by atoms with Crippen molar-refractivity contribution in [1.82, 2.24) is 4.98 Å². The second-order valence-corrected chi connectivity index (χ2v) is 5.98. The van der Waals surface area contributed by atoms with Crippen LogP contribution in [0.5, 0.6) is 0 Å². The van der Waals surface area contributed by atoms with Gasteiger partial charge in [-0.05, 0) is 28.1 Å². The molecule has 0 aliphatic heterocycles. The van der Waals surface area contributed by atoms with Crippen molar-refractivity contribution in [1.29, 1.82) is 5.26 Å². The molecule has 2 aromatic heterocycles. The molecule has 6 heteroatoms. The van der Waals surface area contributed by atoms with Gasteiger partial charge in [0, 0.05) is 28.0 Å². The number of thiophene rings is 1. The molecule has 18 heavy (non-hydrogen) atoms. The van der Waals surface area contributed by atoms with E-state index >= 15 is 0 Å². The van der Waals surface area contributed by atoms with Crippen LogP contribution in [0.4, 0.5) is 5.82 Å². The number of anilines is 1. The van der Waals surface area contributed by atoms with E-state index in [1.165, 1.54) is 4.88 Å². The average molecular weight is 343 g/mol. The Morgan fingerprint density at radius 3 is 3.00 bits per heavy atom. The molecule has 0 spiro atoms. The van der Waals surface area contributed by atoms with Crippen LogP contribution in [0.2, 0.25) is 5.02 Å². The van der Waals surface area contributed by atoms with Crippen molar-refractivity contribution in [3.8, 4) is 6.07 Å². The lowest BCUT2D eigenvalue weighted by Gasteiger charge is -2.18. The van der Waals surface area contributed by atoms with Gasteiger partial charge in [-0.15, -0.1) is 11.3 Å². The first-order valence-electron chi connectivity index (χ1n) is 5.10. The van der Waals surface area contributed by atoms with Gasteiger partial charge >= 0.3 is 0 Å². The summed E-state index contributed by atoms with van der Waals surface area (Å²) in [6.07, 6.45) is 1.60. The second-order valence-electron chi connectivity index (χ2n) is 3.70. The predicted molar refractivity (Wildman–Crippen MR) is 78.1 cm³/mol. The number of hydrogen-bond donors (Lipinski definition) is 0. The molecular formula is C12H9BrClN3S. The van der Waals surface area contributed by atoms with Crippen molar-refractivity contribution >= 4 is 44.7 Å². The monoisotopic (exact) mass is 341 g/mol. The smallest absolute Gasteiger partial charge is 0.148 e. The van der Waals surface area contributed by atoms with E-state index in [0.29, 0.717) is 22.9 Å². The van der Waals surface area contributed by atoms with Crippen molar-refractivity contribution in [2.75, 3.05) is 11.9 Å². The fourth-order valence-electron chi connectivity index (χ4n) is 1.53. The van der Waals surface area contributed by atoms with E-state index in [1.807, 2.05) is 17.3 Å². The zero-order valence-corrected chi connectivity index (χ0v) is 12.7. The van der Waals surface area contributed by atoms with Crippen LogP contribution in [0.3, 0.4) is 0 Å². The maximum atomic E-state index is 8.93. The fraction of sp³-hybridized carbons (Fsp3) is 0.167. The summed E-state index contributed by atoms with van der Waals surface area (Å²) in [4.78, 5) is 7.36. The molecule has 0 radical (unpaired) electrons. The highest BCUT2D eigenvalue weighted by atomic mass is 79.9. The molecule has 0 unspecified atom stereocenters. The summed E-state index contributed by atoms with van der Waals surface area (Å²) in [6.45, 7) is 0.706. The largest absolute Gasteiger partial charge is 0.353 e. The van der Waals surface area contributed by atoms with Crippen LogP contribution in [0, 0.1) is 11.3 Å². The molecule has 0 aliphatic carbocycles. The van der Waals surface area contributed by atoms with E-state index < -0.39 is 0 Å². The third-order valence-corrected chi connectivity index (χ3v) is 4.42. The van der Waals surface area contributed by atoms with Gasteiger partial charge in [0.25, 0.3) is 0 Å². The standard InChI is InChI=1S/C12H9BrClN3S/c1-17(6-10-4-9(13)7-18-10)12-11(14)8(5-15)2-3-16-12/h2-4,7H,6H2,1H3. The number of rotatable bonds is 3. The minimum Gasteiger partial charge on any atom is -0.353 e. The zero-order valence-electron chi connectivity index (χ0n) is 9.52. The number of halogens is 2. The first kappa shape index (κ1) is 13.3. The summed E-state index contributed by atoms with van der Waals surface area (Å²) in [5, 5.41) is 11.4. The molecule has 92 valence electrons. The van der Waals surface area contributed by atoms with Gasteiger partial charge in [-0.2, -0.15) is 5.26 Å². The minimum absolute atomic E-state index is 0.401. The number of pyridine rings is 1. The predicted octanol–water partition coefficient (Wildman–Crippen LogP) is 4.07. The summed E-state index contributed by atoms with van der Waals surface area (Å²) in [6, 6.07) is 5.73. The maximum absolute atomic E-state index is 8.93. The van der Waals surface area contributed by atoms with Crippen LogP contribution in [0.15, 0.2) is 28.2 Å². The molecule has 0 fully saturated rings. The van der Waals surface area contributed by atoms with Gasteiger partial charge in [-0.3, -0.25) is 0 Å². The van der Waals surface area contributed by atoms with Gasteiger partial charge in [0.05, 0.1) is 12.1 Å². The molecule has 0 amide bonds. The topological polar surface area (TPSA) is 39.9 Å². The van der Waals surface area contributed by atoms with Crippen molar-refractivity contribution in [2.45, 2.75) is 6.54 Å². The summed E-state index contributed by atoms with van der Waals surface area (Å²) < 4.78 is 1.07. The molecule has 2 rings (SSSR count). The minimum atomic E-state index is 0.401. The first-order chi connectivity index (χ1) is 8.61. The number of nitriles is 1. The highest BCUT2D eigenvalue weighted by molar-refractivity contribution is 9.10. The van der Waals surface area contributed by atoms with Crippen LogP contribution in [-0.4, -0.2) is 12.0 Å². The Bertz CT molecular complexity index is 606. The molecule has 0 aliphatic rings. The molecule has 2 heterocycles. The van der Waals surface area contributed by atoms with E-state index in [4.69, 9.17) is 16.9 Å². The number of hydrogen-bond acceptors (Lipinski definition) is 4. The lowest BCUT2D eigenvalue weighted by atomic mass is 10.3. The van der Waals surface area contributed by atoms with Crippen molar-refractivity contribution in [2.24, 2.45) is 0 Å². The molecule has 3 nitrogen and oxygen atoms in total. The Morgan fingerprint density at radius 1 is 1.61 bits per heavy atom. The van der Waals surface area contributed by atoms with E-state index in [9.17, 15) is 0 Å². The van der Waals surface area contributed by atoms with Crippen LogP contribution < -0.4 is 4.90 Å². The van der Waals surface area contributed by atoms with Crippen LogP contribution in [0.1, 0.15) is 10.4 Å². The highest BCUT2D eigenvalue weighted by Crippen LogP contribution is 2.28. The Morgan fingerprint density at radius 2 is 2.39 bits per heavy atom. The summed E-state index contributed by atoms with van der Waals surface area (Å²) >= 11 is 11.2. The molecule has 2 aromatic rings. The van der Waals surface area contributed by atoms with Gasteiger partial charge in [0.1, 0.15) is 16.9 Å². The fourth-order valence-corrected chi connectivity index (χ4v) is 3.33. The number of nitrogens with zero attached hydrogens (tertiary/aromatic N) is 3. The SMILES string of the molecule is CN(Cc1cc(Br)cs1)c1nccc(C#N)c1Cl. The Hall–Kier alpha value is -1.09. The van der Waals surface area contributed by atoms with Crippen LogP contribution >= 0.6 is 38.9 Å². The molecule has 0 bridgehead atoms. The third kappa shape index (κ3) is 2.83. The molecule has 0 saturated carbocycles. The van der Waals surface area contributed by atoms with Gasteiger partial charge in [0.2, 0.25) is 0 Å². The third-order valence-electron chi connectivity index (χ3n) is 2.37. The first-order valence-corrected chi connectivity index (χ1v) is 7.15. The molecule has 0 saturated heterocycles. The second kappa shape index (κ2) is 5.70. The summed E-state index contributed by atoms with van der Waals surface area (Å²) in [5.74, 6) is 0.625. The van der Waals surface area contributed by atoms with Gasteiger partial charge < -0.3 is 4.90 Å². The van der Waals surface area contributed by atoms with Crippen molar-refractivity contribution < 1.29 is 0 Å². The van der Waals surface area contributed by atoms with Gasteiger partial charge in [-0.25, -0.2) is 4.98 Å². The lowest BCUT2D eigenvalue weighted by molar-refractivity contribution is 0.912. The van der Waals surface area contributed by atoms with Crippen LogP contribution in [0.25, 0.3) is 0 Å². The van der Waals surface area contributed by atoms with E-state index in [2.05, 4.69) is 33.0 Å². The molecule has 0 N–H and O–H groups in total. The molecule has 0 atom stereocenters. The van der Waals surface area contributed by atoms with Crippen LogP contribution in [-0.2, 0) is 6.54 Å². The zero-order chi connectivity index (χ0) is 13.1. The molecule has 0 aromatic carbocycles. The van der Waals surface area contributed by atoms with E-state index in [-0.39, 0.29) is 0 Å². The Kier molecular flexibility index (Phi) is 4.23. The van der Waals surface area contributed by atoms with Crippen molar-refractivity contribution in [3.05, 3.63) is 43.6 Å². The Labute approximate surface area is 123 Å². The van der Waals surface area contributed by atoms with E-state index in [1.54, 1.807) is 23.6 Å². The summed E-state index contributed by atoms with van der Waals surface area (Å²) in [7, 11) is 1.91.